The number of amides is 2. The Balaban J connectivity index is 1.69. The molecule has 0 unspecified atom stereocenters. The highest BCUT2D eigenvalue weighted by molar-refractivity contribution is 14.1. The fraction of sp³-hybridized carbons (Fsp3) is 0.158. The van der Waals surface area contributed by atoms with E-state index < -0.39 is 0 Å². The highest BCUT2D eigenvalue weighted by atomic mass is 127. The maximum Gasteiger partial charge on any atom is 0.293 e. The van der Waals surface area contributed by atoms with Crippen LogP contribution in [0.4, 0.5) is 4.79 Å². The minimum atomic E-state index is -0.383. The van der Waals surface area contributed by atoms with E-state index in [0.717, 1.165) is 26.7 Å². The minimum absolute atomic E-state index is 0.0771. The van der Waals surface area contributed by atoms with Crippen LogP contribution in [0.5, 0.6) is 11.5 Å². The molecule has 1 saturated heterocycles. The van der Waals surface area contributed by atoms with Crippen LogP contribution in [-0.4, -0.2) is 34.3 Å². The zero-order valence-electron chi connectivity index (χ0n) is 14.2. The summed E-state index contributed by atoms with van der Waals surface area (Å²) in [6, 6.07) is 11.0. The van der Waals surface area contributed by atoms with Crippen molar-refractivity contribution < 1.29 is 19.4 Å². The number of ether oxygens (including phenoxy) is 1. The van der Waals surface area contributed by atoms with Crippen molar-refractivity contribution in [2.75, 3.05) is 13.2 Å². The van der Waals surface area contributed by atoms with Gasteiger partial charge in [-0.2, -0.15) is 0 Å². The van der Waals surface area contributed by atoms with Crippen molar-refractivity contribution in [1.29, 1.82) is 0 Å². The van der Waals surface area contributed by atoms with Crippen molar-refractivity contribution in [3.63, 3.8) is 0 Å². The van der Waals surface area contributed by atoms with E-state index in [1.807, 2.05) is 53.8 Å². The molecule has 2 aromatic carbocycles. The highest BCUT2D eigenvalue weighted by Crippen LogP contribution is 2.36. The Kier molecular flexibility index (Phi) is 6.48. The molecular weight excluding hydrogens is 545 g/mol. The van der Waals surface area contributed by atoms with Crippen LogP contribution in [0.2, 0.25) is 0 Å². The topological polar surface area (TPSA) is 66.8 Å². The molecule has 5 nitrogen and oxygen atoms in total. The van der Waals surface area contributed by atoms with Crippen LogP contribution in [0.1, 0.15) is 11.1 Å². The molecule has 3 rings (SSSR count). The number of phenols is 1. The molecule has 0 radical (unpaired) electrons. The molecule has 1 heterocycles. The quantitative estimate of drug-likeness (QED) is 0.404. The number of hydrogen-bond donors (Lipinski definition) is 1. The summed E-state index contributed by atoms with van der Waals surface area (Å²) in [5.41, 5.74) is 1.61. The predicted octanol–water partition coefficient (Wildman–Crippen LogP) is 5.18. The fourth-order valence-corrected chi connectivity index (χ4v) is 4.83. The van der Waals surface area contributed by atoms with Crippen LogP contribution in [0.25, 0.3) is 6.08 Å². The lowest BCUT2D eigenvalue weighted by Crippen LogP contribution is -2.32. The molecule has 1 aliphatic heterocycles. The Morgan fingerprint density at radius 2 is 1.96 bits per heavy atom. The number of aryl methyl sites for hydroxylation is 1. The van der Waals surface area contributed by atoms with Gasteiger partial charge in [0.2, 0.25) is 0 Å². The lowest BCUT2D eigenvalue weighted by atomic mass is 10.2. The average molecular weight is 560 g/mol. The van der Waals surface area contributed by atoms with Gasteiger partial charge in [-0.3, -0.25) is 14.5 Å². The first-order chi connectivity index (χ1) is 12.8. The molecule has 1 N–H and O–H groups in total. The second-order valence-corrected chi connectivity index (χ2v) is 8.89. The van der Waals surface area contributed by atoms with Gasteiger partial charge >= 0.3 is 0 Å². The Hall–Kier alpha value is -1.52. The fourth-order valence-electron chi connectivity index (χ4n) is 2.42. The molecule has 0 saturated carbocycles. The molecule has 27 heavy (non-hydrogen) atoms. The standard InChI is InChI=1S/C19H15BrINO4S/c1-11-2-4-14(5-3-11)26-7-6-22-18(24)16(27-19(22)25)9-12-8-13(20)10-15(21)17(12)23/h2-5,8-10,23H,6-7H2,1H3/b16-9-. The van der Waals surface area contributed by atoms with E-state index in [1.165, 1.54) is 6.08 Å². The van der Waals surface area contributed by atoms with Crippen molar-refractivity contribution in [2.24, 2.45) is 0 Å². The van der Waals surface area contributed by atoms with Gasteiger partial charge in [-0.25, -0.2) is 0 Å². The monoisotopic (exact) mass is 559 g/mol. The van der Waals surface area contributed by atoms with Gasteiger partial charge in [0.25, 0.3) is 11.1 Å². The number of phenolic OH excluding ortho intramolecular Hbond substituents is 1. The third-order valence-corrected chi connectivity index (χ3v) is 6.01. The molecule has 1 aliphatic rings. The first-order valence-corrected chi connectivity index (χ1v) is 10.7. The first-order valence-electron chi connectivity index (χ1n) is 7.98. The summed E-state index contributed by atoms with van der Waals surface area (Å²) in [6.45, 7) is 2.37. The number of imide groups is 1. The van der Waals surface area contributed by atoms with Crippen LogP contribution in [0, 0.1) is 10.5 Å². The van der Waals surface area contributed by atoms with Crippen LogP contribution < -0.4 is 4.74 Å². The molecule has 0 atom stereocenters. The number of halogens is 2. The molecule has 1 fully saturated rings. The number of carbonyl (C=O) groups excluding carboxylic acids is 2. The lowest BCUT2D eigenvalue weighted by molar-refractivity contribution is -0.123. The summed E-state index contributed by atoms with van der Waals surface area (Å²) in [6.07, 6.45) is 1.54. The van der Waals surface area contributed by atoms with E-state index in [9.17, 15) is 14.7 Å². The van der Waals surface area contributed by atoms with Crippen molar-refractivity contribution in [3.05, 3.63) is 60.5 Å². The number of nitrogens with zero attached hydrogens (tertiary/aromatic N) is 1. The molecular formula is C19H15BrINO4S. The van der Waals surface area contributed by atoms with Crippen LogP contribution in [0.3, 0.4) is 0 Å². The van der Waals surface area contributed by atoms with Gasteiger partial charge in [-0.1, -0.05) is 33.6 Å². The van der Waals surface area contributed by atoms with Gasteiger partial charge in [0.1, 0.15) is 18.1 Å². The van der Waals surface area contributed by atoms with E-state index in [-0.39, 0.29) is 35.0 Å². The van der Waals surface area contributed by atoms with Crippen molar-refractivity contribution in [3.8, 4) is 11.5 Å². The number of carbonyl (C=O) groups is 2. The normalized spacial score (nSPS) is 15.7. The van der Waals surface area contributed by atoms with E-state index in [2.05, 4.69) is 15.9 Å². The average Bonchev–Trinajstić information content (AvgIpc) is 2.88. The molecule has 0 bridgehead atoms. The summed E-state index contributed by atoms with van der Waals surface area (Å²) < 4.78 is 7.03. The number of hydrogen-bond acceptors (Lipinski definition) is 5. The Morgan fingerprint density at radius 1 is 1.26 bits per heavy atom. The Bertz CT molecular complexity index is 930. The Morgan fingerprint density at radius 3 is 2.67 bits per heavy atom. The molecule has 140 valence electrons. The summed E-state index contributed by atoms with van der Waals surface area (Å²) in [4.78, 5) is 26.2. The number of aromatic hydroxyl groups is 1. The van der Waals surface area contributed by atoms with E-state index in [4.69, 9.17) is 4.74 Å². The number of rotatable bonds is 5. The van der Waals surface area contributed by atoms with Gasteiger partial charge in [-0.15, -0.1) is 0 Å². The van der Waals surface area contributed by atoms with Crippen molar-refractivity contribution in [2.45, 2.75) is 6.92 Å². The zero-order valence-corrected chi connectivity index (χ0v) is 18.8. The predicted molar refractivity (Wildman–Crippen MR) is 118 cm³/mol. The lowest BCUT2D eigenvalue weighted by Gasteiger charge is -2.13. The molecule has 8 heteroatoms. The van der Waals surface area contributed by atoms with Crippen LogP contribution in [0.15, 0.2) is 45.8 Å². The summed E-state index contributed by atoms with van der Waals surface area (Å²) in [5.74, 6) is 0.386. The largest absolute Gasteiger partial charge is 0.506 e. The van der Waals surface area contributed by atoms with Crippen molar-refractivity contribution in [1.82, 2.24) is 4.90 Å². The molecule has 0 aromatic heterocycles. The third-order valence-electron chi connectivity index (χ3n) is 3.82. The second-order valence-electron chi connectivity index (χ2n) is 5.82. The molecule has 2 aromatic rings. The van der Waals surface area contributed by atoms with Gasteiger partial charge in [0.15, 0.2) is 0 Å². The summed E-state index contributed by atoms with van der Waals surface area (Å²) in [7, 11) is 0. The first kappa shape index (κ1) is 20.2. The summed E-state index contributed by atoms with van der Waals surface area (Å²) >= 11 is 6.23. The minimum Gasteiger partial charge on any atom is -0.506 e. The molecule has 0 aliphatic carbocycles. The van der Waals surface area contributed by atoms with Gasteiger partial charge in [-0.05, 0) is 71.6 Å². The van der Waals surface area contributed by atoms with E-state index in [1.54, 1.807) is 12.1 Å². The van der Waals surface area contributed by atoms with Gasteiger partial charge in [0, 0.05) is 10.0 Å². The van der Waals surface area contributed by atoms with Crippen LogP contribution in [-0.2, 0) is 4.79 Å². The van der Waals surface area contributed by atoms with Gasteiger partial charge < -0.3 is 9.84 Å². The number of thioether (sulfide) groups is 1. The molecule has 0 spiro atoms. The Labute approximate surface area is 183 Å². The van der Waals surface area contributed by atoms with Crippen LogP contribution >= 0.6 is 50.3 Å². The van der Waals surface area contributed by atoms with Crippen molar-refractivity contribution >= 4 is 67.5 Å². The van der Waals surface area contributed by atoms with E-state index >= 15 is 0 Å². The highest BCUT2D eigenvalue weighted by Gasteiger charge is 2.35. The third kappa shape index (κ3) is 4.85. The van der Waals surface area contributed by atoms with Gasteiger partial charge in [0.05, 0.1) is 15.0 Å². The zero-order chi connectivity index (χ0) is 19.6. The second kappa shape index (κ2) is 8.66. The molecule has 2 amide bonds. The maximum absolute atomic E-state index is 12.6. The summed E-state index contributed by atoms with van der Waals surface area (Å²) in [5, 5.41) is 9.83. The maximum atomic E-state index is 12.6. The van der Waals surface area contributed by atoms with E-state index in [0.29, 0.717) is 14.9 Å². The SMILES string of the molecule is Cc1ccc(OCCN2C(=O)S/C(=C\c3cc(Br)cc(I)c3O)C2=O)cc1. The number of benzene rings is 2. The smallest absolute Gasteiger partial charge is 0.293 e.